The van der Waals surface area contributed by atoms with E-state index in [-0.39, 0.29) is 6.04 Å². The summed E-state index contributed by atoms with van der Waals surface area (Å²) >= 11 is 1.59. The van der Waals surface area contributed by atoms with Crippen LogP contribution in [0.15, 0.2) is 40.0 Å². The minimum atomic E-state index is 0.253. The molecule has 1 aliphatic heterocycles. The molecule has 0 aliphatic carbocycles. The van der Waals surface area contributed by atoms with Gasteiger partial charge in [-0.05, 0) is 24.9 Å². The fourth-order valence-electron chi connectivity index (χ4n) is 2.03. The lowest BCUT2D eigenvalue weighted by Crippen LogP contribution is -2.12. The van der Waals surface area contributed by atoms with Gasteiger partial charge in [-0.2, -0.15) is 0 Å². The summed E-state index contributed by atoms with van der Waals surface area (Å²) in [7, 11) is 0. The van der Waals surface area contributed by atoms with Crippen molar-refractivity contribution in [2.24, 2.45) is 0 Å². The molecule has 0 spiro atoms. The molecule has 1 N–H and O–H groups in total. The Bertz CT molecular complexity index is 494. The van der Waals surface area contributed by atoms with E-state index >= 15 is 0 Å². The van der Waals surface area contributed by atoms with Gasteiger partial charge < -0.3 is 9.73 Å². The van der Waals surface area contributed by atoms with Crippen LogP contribution in [0, 0.1) is 0 Å². The molecule has 5 heteroatoms. The van der Waals surface area contributed by atoms with Crippen molar-refractivity contribution < 1.29 is 4.42 Å². The van der Waals surface area contributed by atoms with E-state index < -0.39 is 0 Å². The standard InChI is InChI=1S/C13H15N3OS/c1-2-5-10(6-3-1)9-18-13-16-15-12(17-13)11-7-4-8-14-11/h1-3,5-6,11,14H,4,7-9H2/t11-/m0/s1. The maximum Gasteiger partial charge on any atom is 0.276 e. The highest BCUT2D eigenvalue weighted by atomic mass is 32.2. The highest BCUT2D eigenvalue weighted by molar-refractivity contribution is 7.98. The predicted molar refractivity (Wildman–Crippen MR) is 70.3 cm³/mol. The lowest BCUT2D eigenvalue weighted by atomic mass is 10.2. The largest absolute Gasteiger partial charge is 0.414 e. The second-order valence-corrected chi connectivity index (χ2v) is 5.26. The monoisotopic (exact) mass is 261 g/mol. The summed E-state index contributed by atoms with van der Waals surface area (Å²) in [5.41, 5.74) is 1.27. The lowest BCUT2D eigenvalue weighted by Gasteiger charge is -2.02. The fraction of sp³-hybridized carbons (Fsp3) is 0.385. The van der Waals surface area contributed by atoms with E-state index in [1.807, 2.05) is 18.2 Å². The number of nitrogens with zero attached hydrogens (tertiary/aromatic N) is 2. The summed E-state index contributed by atoms with van der Waals surface area (Å²) in [5, 5.41) is 12.2. The first kappa shape index (κ1) is 11.7. The van der Waals surface area contributed by atoms with Gasteiger partial charge in [-0.15, -0.1) is 10.2 Å². The number of benzene rings is 1. The van der Waals surface area contributed by atoms with Gasteiger partial charge in [-0.25, -0.2) is 0 Å². The Morgan fingerprint density at radius 1 is 1.28 bits per heavy atom. The SMILES string of the molecule is c1ccc(CSc2nnc([C@@H]3CCCN3)o2)cc1. The maximum atomic E-state index is 5.67. The van der Waals surface area contributed by atoms with Crippen molar-refractivity contribution in [2.45, 2.75) is 29.9 Å². The van der Waals surface area contributed by atoms with Gasteiger partial charge in [0, 0.05) is 5.75 Å². The molecule has 0 radical (unpaired) electrons. The summed E-state index contributed by atoms with van der Waals surface area (Å²) in [6.07, 6.45) is 2.27. The summed E-state index contributed by atoms with van der Waals surface area (Å²) in [4.78, 5) is 0. The minimum absolute atomic E-state index is 0.253. The van der Waals surface area contributed by atoms with Gasteiger partial charge in [0.1, 0.15) is 0 Å². The van der Waals surface area contributed by atoms with Gasteiger partial charge in [0.05, 0.1) is 6.04 Å². The average Bonchev–Trinajstić information content (AvgIpc) is 3.08. The van der Waals surface area contributed by atoms with Crippen LogP contribution in [0.5, 0.6) is 0 Å². The molecule has 4 nitrogen and oxygen atoms in total. The molecule has 0 unspecified atom stereocenters. The topological polar surface area (TPSA) is 51.0 Å². The first-order chi connectivity index (χ1) is 8.92. The van der Waals surface area contributed by atoms with Crippen molar-refractivity contribution in [3.63, 3.8) is 0 Å². The Labute approximate surface area is 110 Å². The molecule has 1 aromatic heterocycles. The van der Waals surface area contributed by atoms with Crippen LogP contribution in [-0.2, 0) is 5.75 Å². The number of nitrogens with one attached hydrogen (secondary N) is 1. The number of hydrogen-bond acceptors (Lipinski definition) is 5. The first-order valence-corrected chi connectivity index (χ1v) is 7.14. The van der Waals surface area contributed by atoms with E-state index in [1.165, 1.54) is 12.0 Å². The molecular formula is C13H15N3OS. The van der Waals surface area contributed by atoms with Crippen LogP contribution in [0.2, 0.25) is 0 Å². The molecule has 0 amide bonds. The number of aromatic nitrogens is 2. The molecule has 2 heterocycles. The summed E-state index contributed by atoms with van der Waals surface area (Å²) in [6, 6.07) is 10.6. The molecule has 18 heavy (non-hydrogen) atoms. The second kappa shape index (κ2) is 5.54. The Morgan fingerprint density at radius 3 is 2.94 bits per heavy atom. The quantitative estimate of drug-likeness (QED) is 0.858. The Kier molecular flexibility index (Phi) is 3.61. The Balaban J connectivity index is 1.60. The molecule has 3 rings (SSSR count). The molecule has 2 aromatic rings. The Morgan fingerprint density at radius 2 is 2.17 bits per heavy atom. The highest BCUT2D eigenvalue weighted by Gasteiger charge is 2.22. The van der Waals surface area contributed by atoms with E-state index in [0.29, 0.717) is 5.22 Å². The zero-order chi connectivity index (χ0) is 12.2. The van der Waals surface area contributed by atoms with Crippen molar-refractivity contribution in [3.8, 4) is 0 Å². The number of hydrogen-bond donors (Lipinski definition) is 1. The smallest absolute Gasteiger partial charge is 0.276 e. The van der Waals surface area contributed by atoms with Crippen LogP contribution in [0.3, 0.4) is 0 Å². The van der Waals surface area contributed by atoms with Crippen LogP contribution in [-0.4, -0.2) is 16.7 Å². The van der Waals surface area contributed by atoms with Crippen molar-refractivity contribution >= 4 is 11.8 Å². The van der Waals surface area contributed by atoms with Crippen molar-refractivity contribution in [2.75, 3.05) is 6.54 Å². The third-order valence-corrected chi connectivity index (χ3v) is 3.88. The molecule has 1 aliphatic rings. The lowest BCUT2D eigenvalue weighted by molar-refractivity contribution is 0.374. The van der Waals surface area contributed by atoms with E-state index in [9.17, 15) is 0 Å². The second-order valence-electron chi connectivity index (χ2n) is 4.33. The van der Waals surface area contributed by atoms with Gasteiger partial charge in [-0.3, -0.25) is 0 Å². The van der Waals surface area contributed by atoms with Gasteiger partial charge in [0.25, 0.3) is 5.22 Å². The van der Waals surface area contributed by atoms with Crippen LogP contribution in [0.4, 0.5) is 0 Å². The molecule has 0 bridgehead atoms. The maximum absolute atomic E-state index is 5.67. The zero-order valence-corrected chi connectivity index (χ0v) is 10.8. The molecule has 1 fully saturated rings. The molecule has 1 atom stereocenters. The molecule has 1 saturated heterocycles. The van der Waals surface area contributed by atoms with Crippen molar-refractivity contribution in [1.29, 1.82) is 0 Å². The van der Waals surface area contributed by atoms with Gasteiger partial charge >= 0.3 is 0 Å². The van der Waals surface area contributed by atoms with Crippen LogP contribution in [0.25, 0.3) is 0 Å². The van der Waals surface area contributed by atoms with Gasteiger partial charge in [-0.1, -0.05) is 42.1 Å². The summed E-state index contributed by atoms with van der Waals surface area (Å²) < 4.78 is 5.67. The zero-order valence-electron chi connectivity index (χ0n) is 10.0. The van der Waals surface area contributed by atoms with E-state index in [2.05, 4.69) is 27.6 Å². The number of thioether (sulfide) groups is 1. The number of rotatable bonds is 4. The van der Waals surface area contributed by atoms with Gasteiger partial charge in [0.15, 0.2) is 0 Å². The van der Waals surface area contributed by atoms with Crippen molar-refractivity contribution in [3.05, 3.63) is 41.8 Å². The van der Waals surface area contributed by atoms with Crippen molar-refractivity contribution in [1.82, 2.24) is 15.5 Å². The van der Waals surface area contributed by atoms with Crippen LogP contribution >= 0.6 is 11.8 Å². The van der Waals surface area contributed by atoms with E-state index in [0.717, 1.165) is 24.6 Å². The molecular weight excluding hydrogens is 246 g/mol. The predicted octanol–water partition coefficient (Wildman–Crippen LogP) is 2.79. The first-order valence-electron chi connectivity index (χ1n) is 6.15. The van der Waals surface area contributed by atoms with Crippen LogP contribution in [0.1, 0.15) is 30.3 Å². The molecule has 1 aromatic carbocycles. The summed E-state index contributed by atoms with van der Waals surface area (Å²) in [6.45, 7) is 1.04. The third-order valence-electron chi connectivity index (χ3n) is 2.99. The summed E-state index contributed by atoms with van der Waals surface area (Å²) in [5.74, 6) is 1.59. The Hall–Kier alpha value is -1.33. The van der Waals surface area contributed by atoms with E-state index in [4.69, 9.17) is 4.42 Å². The van der Waals surface area contributed by atoms with Gasteiger partial charge in [0.2, 0.25) is 5.89 Å². The fourth-order valence-corrected chi connectivity index (χ4v) is 2.76. The van der Waals surface area contributed by atoms with E-state index in [1.54, 1.807) is 11.8 Å². The minimum Gasteiger partial charge on any atom is -0.414 e. The molecule has 94 valence electrons. The highest BCUT2D eigenvalue weighted by Crippen LogP contribution is 2.26. The third kappa shape index (κ3) is 2.73. The molecule has 0 saturated carbocycles. The normalized spacial score (nSPS) is 19.2. The van der Waals surface area contributed by atoms with Crippen LogP contribution < -0.4 is 5.32 Å². The average molecular weight is 261 g/mol.